The average molecular weight is 214 g/mol. The Balaban J connectivity index is 2.23. The summed E-state index contributed by atoms with van der Waals surface area (Å²) in [6, 6.07) is 12.2. The Kier molecular flexibility index (Phi) is 2.79. The molecule has 0 unspecified atom stereocenters. The van der Waals surface area contributed by atoms with Gasteiger partial charge < -0.3 is 4.98 Å². The molecule has 0 aliphatic heterocycles. The van der Waals surface area contributed by atoms with Gasteiger partial charge in [0.2, 0.25) is 0 Å². The fourth-order valence-corrected chi connectivity index (χ4v) is 2.20. The first-order chi connectivity index (χ1) is 7.29. The number of rotatable bonds is 2. The second-order valence-corrected chi connectivity index (χ2v) is 4.32. The van der Waals surface area contributed by atoms with Crippen LogP contribution in [0.3, 0.4) is 0 Å². The van der Waals surface area contributed by atoms with Crippen LogP contribution < -0.4 is 0 Å². The summed E-state index contributed by atoms with van der Waals surface area (Å²) in [7, 11) is 0. The minimum atomic E-state index is 0.672. The zero-order valence-corrected chi connectivity index (χ0v) is 9.14. The highest BCUT2D eigenvalue weighted by Gasteiger charge is 2.02. The number of hydrogen-bond donors (Lipinski definition) is 1. The highest BCUT2D eigenvalue weighted by Crippen LogP contribution is 2.29. The summed E-state index contributed by atoms with van der Waals surface area (Å²) in [5.74, 6) is 0. The van der Waals surface area contributed by atoms with Crippen molar-refractivity contribution < 1.29 is 0 Å². The number of H-pyrrole nitrogens is 1. The number of aromatic nitrogens is 1. The maximum atomic E-state index is 8.69. The molecule has 3 heteroatoms. The summed E-state index contributed by atoms with van der Waals surface area (Å²) < 4.78 is 0. The molecular formula is C12H10N2S. The molecule has 2 aromatic rings. The molecule has 1 aromatic carbocycles. The van der Waals surface area contributed by atoms with Gasteiger partial charge in [-0.3, -0.25) is 0 Å². The van der Waals surface area contributed by atoms with Crippen molar-refractivity contribution in [2.24, 2.45) is 0 Å². The number of aromatic amines is 1. The van der Waals surface area contributed by atoms with Gasteiger partial charge in [-0.2, -0.15) is 5.26 Å². The van der Waals surface area contributed by atoms with Gasteiger partial charge in [0.05, 0.1) is 10.6 Å². The molecule has 0 fully saturated rings. The number of nitriles is 1. The number of hydrogen-bond acceptors (Lipinski definition) is 2. The van der Waals surface area contributed by atoms with Crippen LogP contribution in [0.15, 0.2) is 46.5 Å². The summed E-state index contributed by atoms with van der Waals surface area (Å²) in [4.78, 5) is 4.28. The van der Waals surface area contributed by atoms with E-state index in [1.165, 1.54) is 10.5 Å². The second-order valence-electron chi connectivity index (χ2n) is 3.23. The van der Waals surface area contributed by atoms with Crippen LogP contribution in [0.2, 0.25) is 0 Å². The predicted molar refractivity (Wildman–Crippen MR) is 60.8 cm³/mol. The van der Waals surface area contributed by atoms with Crippen LogP contribution in [0.1, 0.15) is 11.1 Å². The highest BCUT2D eigenvalue weighted by molar-refractivity contribution is 7.99. The third-order valence-electron chi connectivity index (χ3n) is 2.10. The number of benzene rings is 1. The minimum Gasteiger partial charge on any atom is -0.355 e. The lowest BCUT2D eigenvalue weighted by Crippen LogP contribution is -1.77. The first-order valence-corrected chi connectivity index (χ1v) is 5.43. The molecule has 2 nitrogen and oxygen atoms in total. The number of nitrogens with zero attached hydrogens (tertiary/aromatic N) is 1. The van der Waals surface area contributed by atoms with Gasteiger partial charge in [-0.15, -0.1) is 0 Å². The van der Waals surface area contributed by atoms with Crippen molar-refractivity contribution >= 4 is 11.8 Å². The smallest absolute Gasteiger partial charge is 0.101 e. The van der Waals surface area contributed by atoms with E-state index in [4.69, 9.17) is 5.26 Å². The van der Waals surface area contributed by atoms with Crippen molar-refractivity contribution in [3.63, 3.8) is 0 Å². The van der Waals surface area contributed by atoms with Crippen LogP contribution in [-0.2, 0) is 0 Å². The second kappa shape index (κ2) is 4.24. The Hall–Kier alpha value is -1.66. The van der Waals surface area contributed by atoms with E-state index in [2.05, 4.69) is 30.1 Å². The molecule has 0 saturated carbocycles. The Morgan fingerprint density at radius 1 is 1.33 bits per heavy atom. The van der Waals surface area contributed by atoms with E-state index in [-0.39, 0.29) is 0 Å². The molecule has 0 aliphatic carbocycles. The maximum Gasteiger partial charge on any atom is 0.101 e. The molecule has 74 valence electrons. The van der Waals surface area contributed by atoms with Crippen molar-refractivity contribution in [3.8, 4) is 6.07 Å². The Morgan fingerprint density at radius 2 is 2.13 bits per heavy atom. The number of aryl methyl sites for hydroxylation is 1. The molecule has 0 atom stereocenters. The lowest BCUT2D eigenvalue weighted by Gasteiger charge is -2.02. The van der Waals surface area contributed by atoms with E-state index in [9.17, 15) is 0 Å². The topological polar surface area (TPSA) is 39.6 Å². The quantitative estimate of drug-likeness (QED) is 0.832. The van der Waals surface area contributed by atoms with E-state index in [0.29, 0.717) is 5.56 Å². The van der Waals surface area contributed by atoms with Crippen LogP contribution in [0.25, 0.3) is 0 Å². The molecule has 15 heavy (non-hydrogen) atoms. The summed E-state index contributed by atoms with van der Waals surface area (Å²) >= 11 is 1.64. The van der Waals surface area contributed by atoms with E-state index in [0.717, 1.165) is 5.03 Å². The monoisotopic (exact) mass is 214 g/mol. The van der Waals surface area contributed by atoms with E-state index >= 15 is 0 Å². The fourth-order valence-electron chi connectivity index (χ4n) is 1.29. The predicted octanol–water partition coefficient (Wildman–Crippen LogP) is 3.35. The van der Waals surface area contributed by atoms with E-state index < -0.39 is 0 Å². The van der Waals surface area contributed by atoms with Gasteiger partial charge in [-0.25, -0.2) is 0 Å². The molecule has 2 rings (SSSR count). The van der Waals surface area contributed by atoms with Crippen molar-refractivity contribution in [3.05, 3.63) is 47.7 Å². The van der Waals surface area contributed by atoms with Crippen molar-refractivity contribution in [2.45, 2.75) is 16.8 Å². The summed E-state index contributed by atoms with van der Waals surface area (Å²) in [6.07, 6.45) is 1.72. The third kappa shape index (κ3) is 2.23. The van der Waals surface area contributed by atoms with Gasteiger partial charge in [0.25, 0.3) is 0 Å². The molecular weight excluding hydrogens is 204 g/mol. The normalized spacial score (nSPS) is 9.87. The van der Waals surface area contributed by atoms with Crippen molar-refractivity contribution in [1.82, 2.24) is 4.98 Å². The van der Waals surface area contributed by atoms with Gasteiger partial charge in [0, 0.05) is 11.1 Å². The zero-order chi connectivity index (χ0) is 10.7. The van der Waals surface area contributed by atoms with Crippen LogP contribution in [-0.4, -0.2) is 4.98 Å². The highest BCUT2D eigenvalue weighted by atomic mass is 32.2. The molecule has 0 aliphatic rings. The molecule has 0 spiro atoms. The lowest BCUT2D eigenvalue weighted by molar-refractivity contribution is 1.19. The lowest BCUT2D eigenvalue weighted by atomic mass is 10.2. The molecule has 0 bridgehead atoms. The van der Waals surface area contributed by atoms with Gasteiger partial charge in [0.15, 0.2) is 0 Å². The van der Waals surface area contributed by atoms with Gasteiger partial charge in [-0.05, 0) is 24.6 Å². The first kappa shape index (κ1) is 9.88. The van der Waals surface area contributed by atoms with Crippen molar-refractivity contribution in [1.29, 1.82) is 5.26 Å². The molecule has 1 N–H and O–H groups in total. The zero-order valence-electron chi connectivity index (χ0n) is 8.32. The van der Waals surface area contributed by atoms with Gasteiger partial charge >= 0.3 is 0 Å². The number of nitrogens with one attached hydrogen (secondary N) is 1. The molecule has 1 heterocycles. The molecule has 0 amide bonds. The van der Waals surface area contributed by atoms with Crippen LogP contribution in [0, 0.1) is 18.3 Å². The van der Waals surface area contributed by atoms with E-state index in [1.807, 2.05) is 18.2 Å². The van der Waals surface area contributed by atoms with Crippen LogP contribution >= 0.6 is 11.8 Å². The molecule has 1 aromatic heterocycles. The minimum absolute atomic E-state index is 0.672. The summed E-state index contributed by atoms with van der Waals surface area (Å²) in [5, 5.41) is 9.69. The summed E-state index contributed by atoms with van der Waals surface area (Å²) in [6.45, 7) is 2.08. The fraction of sp³-hybridized carbons (Fsp3) is 0.0833. The average Bonchev–Trinajstić information content (AvgIpc) is 2.69. The maximum absolute atomic E-state index is 8.69. The summed E-state index contributed by atoms with van der Waals surface area (Å²) in [5.41, 5.74) is 1.92. The first-order valence-electron chi connectivity index (χ1n) is 4.61. The van der Waals surface area contributed by atoms with Crippen molar-refractivity contribution in [2.75, 3.05) is 0 Å². The molecule has 0 saturated heterocycles. The van der Waals surface area contributed by atoms with Gasteiger partial charge in [0.1, 0.15) is 6.07 Å². The van der Waals surface area contributed by atoms with E-state index in [1.54, 1.807) is 18.0 Å². The molecule has 0 radical (unpaired) electrons. The Morgan fingerprint density at radius 3 is 2.80 bits per heavy atom. The van der Waals surface area contributed by atoms with Crippen LogP contribution in [0.5, 0.6) is 0 Å². The standard InChI is InChI=1S/C12H10N2S/c1-9-4-2-3-5-11(9)15-12-6-10(7-13)8-14-12/h2-6,8,14H,1H3. The largest absolute Gasteiger partial charge is 0.355 e. The Labute approximate surface area is 92.9 Å². The third-order valence-corrected chi connectivity index (χ3v) is 3.23. The SMILES string of the molecule is Cc1ccccc1Sc1cc(C#N)c[nH]1. The van der Waals surface area contributed by atoms with Crippen LogP contribution in [0.4, 0.5) is 0 Å². The van der Waals surface area contributed by atoms with Gasteiger partial charge in [-0.1, -0.05) is 30.0 Å². The Bertz CT molecular complexity index is 508.